The molecule has 7 N–H and O–H groups in total. The highest BCUT2D eigenvalue weighted by atomic mass is 16.7. The Labute approximate surface area is 182 Å². The summed E-state index contributed by atoms with van der Waals surface area (Å²) in [6.07, 6.45) is -7.74. The van der Waals surface area contributed by atoms with Crippen molar-refractivity contribution in [3.63, 3.8) is 0 Å². The molecule has 0 bridgehead atoms. The number of carbonyl (C=O) groups is 1. The molecule has 0 aromatic heterocycles. The summed E-state index contributed by atoms with van der Waals surface area (Å²) >= 11 is 0. The molecule has 0 amide bonds. The maximum atomic E-state index is 12.5. The van der Waals surface area contributed by atoms with Crippen molar-refractivity contribution in [1.29, 1.82) is 0 Å². The zero-order valence-electron chi connectivity index (χ0n) is 17.1. The van der Waals surface area contributed by atoms with Crippen LogP contribution in [0.2, 0.25) is 0 Å². The molecule has 11 nitrogen and oxygen atoms in total. The third-order valence-corrected chi connectivity index (χ3v) is 5.09. The molecule has 1 fully saturated rings. The van der Waals surface area contributed by atoms with Gasteiger partial charge in [-0.3, -0.25) is 4.79 Å². The molecule has 11 heteroatoms. The first-order valence-corrected chi connectivity index (χ1v) is 9.73. The second-order valence-electron chi connectivity index (χ2n) is 7.48. The van der Waals surface area contributed by atoms with Crippen LogP contribution in [0.15, 0.2) is 36.4 Å². The molecule has 5 atom stereocenters. The number of ether oxygens (including phenoxy) is 2. The predicted molar refractivity (Wildman–Crippen MR) is 107 cm³/mol. The summed E-state index contributed by atoms with van der Waals surface area (Å²) in [5.41, 5.74) is 0.465. The van der Waals surface area contributed by atoms with E-state index >= 15 is 0 Å². The highest BCUT2D eigenvalue weighted by Crippen LogP contribution is 2.35. The third-order valence-electron chi connectivity index (χ3n) is 5.09. The topological polar surface area (TPSA) is 180 Å². The first kappa shape index (κ1) is 23.7. The van der Waals surface area contributed by atoms with Crippen molar-refractivity contribution in [2.24, 2.45) is 0 Å². The van der Waals surface area contributed by atoms with Crippen LogP contribution in [0.4, 0.5) is 0 Å². The fourth-order valence-corrected chi connectivity index (χ4v) is 3.36. The molecule has 3 rings (SSSR count). The average molecular weight is 451 g/mol. The van der Waals surface area contributed by atoms with Crippen LogP contribution < -0.4 is 4.74 Å². The summed E-state index contributed by atoms with van der Waals surface area (Å²) in [4.78, 5) is 12.5. The van der Waals surface area contributed by atoms with Crippen LogP contribution in [0.5, 0.6) is 23.0 Å². The minimum atomic E-state index is -1.71. The van der Waals surface area contributed by atoms with E-state index in [9.17, 15) is 40.6 Å². The van der Waals surface area contributed by atoms with Gasteiger partial charge >= 0.3 is 0 Å². The van der Waals surface area contributed by atoms with Gasteiger partial charge in [-0.2, -0.15) is 5.06 Å². The standard InChI is InChI=1S/C21H25NO10/c1-22(30)20-18(28)17(27)19(29)21(32-20)31-12-8-14(25)16(15(26)9-12)13(24)7-4-10-2-5-11(23)6-3-10/h2-3,5-6,8-9,17-21,23,25-30H,4,7H2,1H3. The molecule has 32 heavy (non-hydrogen) atoms. The number of benzene rings is 2. The Morgan fingerprint density at radius 2 is 1.59 bits per heavy atom. The maximum absolute atomic E-state index is 12.5. The Morgan fingerprint density at radius 1 is 1.00 bits per heavy atom. The van der Waals surface area contributed by atoms with E-state index in [1.165, 1.54) is 12.1 Å². The van der Waals surface area contributed by atoms with Gasteiger partial charge in [-0.1, -0.05) is 12.1 Å². The predicted octanol–water partition coefficient (Wildman–Crippen LogP) is 0.0838. The number of likely N-dealkylation sites (N-methyl/N-ethyl adjacent to an activating group) is 1. The largest absolute Gasteiger partial charge is 0.508 e. The Kier molecular flexibility index (Phi) is 7.19. The molecule has 0 saturated carbocycles. The Balaban J connectivity index is 1.72. The van der Waals surface area contributed by atoms with Crippen molar-refractivity contribution >= 4 is 5.78 Å². The number of hydrogen-bond acceptors (Lipinski definition) is 11. The SMILES string of the molecule is CN(O)C1OC(Oc2cc(O)c(C(=O)CCc3ccc(O)cc3)c(O)c2)C(O)C(O)C1O. The van der Waals surface area contributed by atoms with Gasteiger partial charge in [0.2, 0.25) is 6.29 Å². The van der Waals surface area contributed by atoms with Crippen molar-refractivity contribution in [2.75, 3.05) is 7.05 Å². The van der Waals surface area contributed by atoms with E-state index in [1.807, 2.05) is 0 Å². The highest BCUT2D eigenvalue weighted by Gasteiger charge is 2.46. The van der Waals surface area contributed by atoms with Crippen LogP contribution in [0.1, 0.15) is 22.3 Å². The molecule has 2 aromatic rings. The molecule has 1 aliphatic heterocycles. The van der Waals surface area contributed by atoms with E-state index in [2.05, 4.69) is 0 Å². The van der Waals surface area contributed by atoms with Gasteiger partial charge in [-0.15, -0.1) is 0 Å². The van der Waals surface area contributed by atoms with E-state index in [0.29, 0.717) is 11.5 Å². The molecular weight excluding hydrogens is 426 g/mol. The molecule has 1 aliphatic rings. The first-order valence-electron chi connectivity index (χ1n) is 9.73. The molecule has 174 valence electrons. The number of aromatic hydroxyl groups is 3. The number of hydrogen-bond donors (Lipinski definition) is 7. The fraction of sp³-hybridized carbons (Fsp3) is 0.381. The van der Waals surface area contributed by atoms with Crippen LogP contribution in [0, 0.1) is 0 Å². The second-order valence-corrected chi connectivity index (χ2v) is 7.48. The quantitative estimate of drug-likeness (QED) is 0.224. The van der Waals surface area contributed by atoms with E-state index in [-0.39, 0.29) is 23.5 Å². The van der Waals surface area contributed by atoms with Gasteiger partial charge in [0.1, 0.15) is 46.9 Å². The molecule has 0 spiro atoms. The van der Waals surface area contributed by atoms with Crippen LogP contribution >= 0.6 is 0 Å². The van der Waals surface area contributed by atoms with Gasteiger partial charge < -0.3 is 45.3 Å². The summed E-state index contributed by atoms with van der Waals surface area (Å²) in [6.45, 7) is 0. The van der Waals surface area contributed by atoms with Gasteiger partial charge in [0, 0.05) is 25.6 Å². The molecule has 1 heterocycles. The number of phenols is 3. The van der Waals surface area contributed by atoms with Crippen LogP contribution in [0.3, 0.4) is 0 Å². The Morgan fingerprint density at radius 3 is 2.16 bits per heavy atom. The van der Waals surface area contributed by atoms with Crippen molar-refractivity contribution < 1.29 is 50.1 Å². The molecule has 5 unspecified atom stereocenters. The molecule has 1 saturated heterocycles. The first-order chi connectivity index (χ1) is 15.1. The van der Waals surface area contributed by atoms with E-state index in [1.54, 1.807) is 12.1 Å². The molecule has 0 aliphatic carbocycles. The van der Waals surface area contributed by atoms with E-state index in [0.717, 1.165) is 24.7 Å². The Bertz CT molecular complexity index is 925. The van der Waals surface area contributed by atoms with Gasteiger partial charge in [0.05, 0.1) is 0 Å². The summed E-state index contributed by atoms with van der Waals surface area (Å²) in [7, 11) is 1.16. The summed E-state index contributed by atoms with van der Waals surface area (Å²) in [6, 6.07) is 8.32. The van der Waals surface area contributed by atoms with E-state index in [4.69, 9.17) is 9.47 Å². The van der Waals surface area contributed by atoms with Crippen LogP contribution in [-0.4, -0.2) is 84.6 Å². The molecule has 0 radical (unpaired) electrons. The minimum absolute atomic E-state index is 0.0227. The number of hydroxylamine groups is 2. The van der Waals surface area contributed by atoms with Crippen molar-refractivity contribution in [3.8, 4) is 23.0 Å². The number of rotatable bonds is 7. The van der Waals surface area contributed by atoms with Crippen molar-refractivity contribution in [1.82, 2.24) is 5.06 Å². The van der Waals surface area contributed by atoms with Gasteiger partial charge in [-0.25, -0.2) is 0 Å². The van der Waals surface area contributed by atoms with Crippen LogP contribution in [0.25, 0.3) is 0 Å². The van der Waals surface area contributed by atoms with Gasteiger partial charge in [0.15, 0.2) is 12.0 Å². The third kappa shape index (κ3) is 5.10. The maximum Gasteiger partial charge on any atom is 0.230 e. The lowest BCUT2D eigenvalue weighted by Gasteiger charge is -2.41. The van der Waals surface area contributed by atoms with Crippen LogP contribution in [-0.2, 0) is 11.2 Å². The van der Waals surface area contributed by atoms with Crippen molar-refractivity contribution in [3.05, 3.63) is 47.5 Å². The lowest BCUT2D eigenvalue weighted by molar-refractivity contribution is -0.339. The van der Waals surface area contributed by atoms with Gasteiger partial charge in [-0.05, 0) is 24.1 Å². The number of aliphatic hydroxyl groups is 3. The number of phenolic OH excluding ortho intramolecular Hbond substituents is 3. The second kappa shape index (κ2) is 9.69. The summed E-state index contributed by atoms with van der Waals surface area (Å²) in [5, 5.41) is 69.8. The number of Topliss-reactive ketones (excluding diaryl/α,β-unsaturated/α-hetero) is 1. The summed E-state index contributed by atoms with van der Waals surface area (Å²) < 4.78 is 10.6. The van der Waals surface area contributed by atoms with Gasteiger partial charge in [0.25, 0.3) is 0 Å². The lowest BCUT2D eigenvalue weighted by Crippen LogP contribution is -2.62. The van der Waals surface area contributed by atoms with E-state index < -0.39 is 48.1 Å². The normalized spacial score (nSPS) is 25.6. The van der Waals surface area contributed by atoms with Crippen molar-refractivity contribution in [2.45, 2.75) is 43.7 Å². The molecule has 2 aromatic carbocycles. The zero-order valence-corrected chi connectivity index (χ0v) is 17.1. The average Bonchev–Trinajstić information content (AvgIpc) is 2.73. The highest BCUT2D eigenvalue weighted by molar-refractivity contribution is 6.01. The smallest absolute Gasteiger partial charge is 0.230 e. The number of aryl methyl sites for hydroxylation is 1. The fourth-order valence-electron chi connectivity index (χ4n) is 3.36. The summed E-state index contributed by atoms with van der Waals surface area (Å²) in [5.74, 6) is -1.78. The molecular formula is C21H25NO10. The number of ketones is 1. The zero-order chi connectivity index (χ0) is 23.6. The lowest BCUT2D eigenvalue weighted by atomic mass is 10.0. The number of aliphatic hydroxyl groups excluding tert-OH is 3. The number of carbonyl (C=O) groups excluding carboxylic acids is 1. The monoisotopic (exact) mass is 451 g/mol. The number of nitrogens with zero attached hydrogens (tertiary/aromatic N) is 1. The Hall–Kier alpha value is -2.93. The minimum Gasteiger partial charge on any atom is -0.508 e.